The molecule has 2 rings (SSSR count). The largest absolute Gasteiger partial charge is 0.396 e. The van der Waals surface area contributed by atoms with Crippen LogP contribution in [0.15, 0.2) is 12.3 Å². The van der Waals surface area contributed by atoms with Crippen LogP contribution in [0.2, 0.25) is 0 Å². The van der Waals surface area contributed by atoms with E-state index in [0.29, 0.717) is 17.8 Å². The monoisotopic (exact) mass is 219 g/mol. The normalized spacial score (nSPS) is 16.5. The molecule has 84 valence electrons. The average molecular weight is 219 g/mol. The Balaban J connectivity index is 1.91. The lowest BCUT2D eigenvalue weighted by molar-refractivity contribution is 0.0935. The van der Waals surface area contributed by atoms with Crippen molar-refractivity contribution in [3.63, 3.8) is 0 Å². The summed E-state index contributed by atoms with van der Waals surface area (Å²) in [6.07, 6.45) is 3.42. The highest BCUT2D eigenvalue weighted by Crippen LogP contribution is 2.44. The van der Waals surface area contributed by atoms with E-state index in [9.17, 15) is 4.79 Å². The first-order valence-electron chi connectivity index (χ1n) is 5.17. The van der Waals surface area contributed by atoms with Crippen molar-refractivity contribution in [3.05, 3.63) is 23.5 Å². The van der Waals surface area contributed by atoms with E-state index in [1.54, 1.807) is 0 Å². The van der Waals surface area contributed by atoms with E-state index in [1.807, 2.05) is 6.07 Å². The van der Waals surface area contributed by atoms with Gasteiger partial charge in [0.05, 0.1) is 12.2 Å². The summed E-state index contributed by atoms with van der Waals surface area (Å²) in [5, 5.41) is 20.4. The highest BCUT2D eigenvalue weighted by atomic mass is 16.3. The fourth-order valence-electron chi connectivity index (χ4n) is 1.53. The van der Waals surface area contributed by atoms with Crippen molar-refractivity contribution in [2.24, 2.45) is 5.41 Å². The first kappa shape index (κ1) is 10.7. The number of aliphatic hydroxyl groups excluding tert-OH is 1. The molecular formula is C11H13N3O2. The van der Waals surface area contributed by atoms with E-state index in [0.717, 1.165) is 12.8 Å². The number of nitriles is 1. The van der Waals surface area contributed by atoms with Crippen molar-refractivity contribution in [2.45, 2.75) is 12.8 Å². The Hall–Kier alpha value is -1.80. The molecular weight excluding hydrogens is 206 g/mol. The predicted octanol–water partition coefficient (Wildman–Crippen LogP) is 0.389. The van der Waals surface area contributed by atoms with E-state index in [2.05, 4.69) is 10.3 Å². The molecule has 1 amide bonds. The third kappa shape index (κ3) is 2.07. The van der Waals surface area contributed by atoms with E-state index in [1.165, 1.54) is 12.3 Å². The van der Waals surface area contributed by atoms with Gasteiger partial charge in [-0.2, -0.15) is 5.26 Å². The van der Waals surface area contributed by atoms with Gasteiger partial charge in [0, 0.05) is 18.2 Å². The zero-order valence-corrected chi connectivity index (χ0v) is 8.79. The van der Waals surface area contributed by atoms with Gasteiger partial charge in [0.15, 0.2) is 0 Å². The molecule has 0 atom stereocenters. The topological polar surface area (TPSA) is 88.9 Å². The maximum absolute atomic E-state index is 11.6. The van der Waals surface area contributed by atoms with Crippen LogP contribution in [-0.4, -0.2) is 29.1 Å². The van der Waals surface area contributed by atoms with Gasteiger partial charge in [-0.15, -0.1) is 0 Å². The summed E-state index contributed by atoms with van der Waals surface area (Å²) in [7, 11) is 0. The molecule has 1 fully saturated rings. The summed E-state index contributed by atoms with van der Waals surface area (Å²) in [5.41, 5.74) is 0.725. The molecule has 1 aromatic rings. The highest BCUT2D eigenvalue weighted by molar-refractivity contribution is 5.94. The lowest BCUT2D eigenvalue weighted by Gasteiger charge is -2.11. The second-order valence-corrected chi connectivity index (χ2v) is 4.25. The van der Waals surface area contributed by atoms with Crippen LogP contribution in [0.3, 0.4) is 0 Å². The zero-order valence-electron chi connectivity index (χ0n) is 8.79. The van der Waals surface area contributed by atoms with Crippen LogP contribution in [0.25, 0.3) is 0 Å². The molecule has 3 N–H and O–H groups in total. The first-order valence-corrected chi connectivity index (χ1v) is 5.17. The second kappa shape index (κ2) is 3.99. The van der Waals surface area contributed by atoms with Gasteiger partial charge in [0.1, 0.15) is 11.8 Å². The highest BCUT2D eigenvalue weighted by Gasteiger charge is 2.42. The summed E-state index contributed by atoms with van der Waals surface area (Å²) in [5.74, 6) is -0.211. The Morgan fingerprint density at radius 1 is 1.69 bits per heavy atom. The average Bonchev–Trinajstić information content (AvgIpc) is 2.94. The van der Waals surface area contributed by atoms with Crippen molar-refractivity contribution in [1.82, 2.24) is 10.3 Å². The van der Waals surface area contributed by atoms with E-state index in [4.69, 9.17) is 10.4 Å². The second-order valence-electron chi connectivity index (χ2n) is 4.25. The molecule has 0 radical (unpaired) electrons. The Kier molecular flexibility index (Phi) is 2.67. The molecule has 1 saturated carbocycles. The van der Waals surface area contributed by atoms with Crippen LogP contribution in [0, 0.1) is 16.7 Å². The third-order valence-electron chi connectivity index (χ3n) is 2.98. The molecule has 0 saturated heterocycles. The van der Waals surface area contributed by atoms with Gasteiger partial charge in [-0.25, -0.2) is 0 Å². The summed E-state index contributed by atoms with van der Waals surface area (Å²) < 4.78 is 0. The molecule has 1 aromatic heterocycles. The number of nitrogens with zero attached hydrogens (tertiary/aromatic N) is 1. The minimum atomic E-state index is -0.211. The van der Waals surface area contributed by atoms with Gasteiger partial charge < -0.3 is 15.4 Å². The van der Waals surface area contributed by atoms with Crippen LogP contribution >= 0.6 is 0 Å². The molecule has 0 aromatic carbocycles. The minimum Gasteiger partial charge on any atom is -0.396 e. The van der Waals surface area contributed by atoms with Crippen LogP contribution in [0.4, 0.5) is 0 Å². The Labute approximate surface area is 93.1 Å². The lowest BCUT2D eigenvalue weighted by Crippen LogP contribution is -2.31. The van der Waals surface area contributed by atoms with Gasteiger partial charge in [0.2, 0.25) is 0 Å². The SMILES string of the molecule is N#Cc1cc(C(=O)NCC2(CO)CC2)c[nH]1. The van der Waals surface area contributed by atoms with Gasteiger partial charge in [0.25, 0.3) is 5.91 Å². The smallest absolute Gasteiger partial charge is 0.252 e. The molecule has 0 aliphatic heterocycles. The summed E-state index contributed by atoms with van der Waals surface area (Å²) in [6.45, 7) is 0.610. The van der Waals surface area contributed by atoms with Crippen LogP contribution < -0.4 is 5.32 Å². The van der Waals surface area contributed by atoms with Crippen molar-refractivity contribution in [3.8, 4) is 6.07 Å². The predicted molar refractivity (Wildman–Crippen MR) is 56.6 cm³/mol. The molecule has 1 heterocycles. The number of hydrogen-bond donors (Lipinski definition) is 3. The molecule has 0 bridgehead atoms. The van der Waals surface area contributed by atoms with Gasteiger partial charge in [-0.05, 0) is 18.9 Å². The molecule has 5 nitrogen and oxygen atoms in total. The quantitative estimate of drug-likeness (QED) is 0.684. The number of H-pyrrole nitrogens is 1. The maximum Gasteiger partial charge on any atom is 0.252 e. The van der Waals surface area contributed by atoms with Gasteiger partial charge >= 0.3 is 0 Å². The third-order valence-corrected chi connectivity index (χ3v) is 2.98. The number of aromatic nitrogens is 1. The molecule has 0 spiro atoms. The van der Waals surface area contributed by atoms with E-state index >= 15 is 0 Å². The Morgan fingerprint density at radius 2 is 2.44 bits per heavy atom. The van der Waals surface area contributed by atoms with Gasteiger partial charge in [-0.3, -0.25) is 4.79 Å². The van der Waals surface area contributed by atoms with Crippen LogP contribution in [0.1, 0.15) is 28.9 Å². The van der Waals surface area contributed by atoms with Gasteiger partial charge in [-0.1, -0.05) is 0 Å². The number of nitrogens with one attached hydrogen (secondary N) is 2. The summed E-state index contributed by atoms with van der Waals surface area (Å²) in [6, 6.07) is 3.43. The summed E-state index contributed by atoms with van der Waals surface area (Å²) >= 11 is 0. The number of amides is 1. The van der Waals surface area contributed by atoms with Crippen molar-refractivity contribution in [2.75, 3.05) is 13.2 Å². The Bertz CT molecular complexity index is 440. The zero-order chi connectivity index (χ0) is 11.6. The van der Waals surface area contributed by atoms with Crippen molar-refractivity contribution >= 4 is 5.91 Å². The van der Waals surface area contributed by atoms with Crippen molar-refractivity contribution in [1.29, 1.82) is 5.26 Å². The standard InChI is InChI=1S/C11H13N3O2/c12-4-9-3-8(5-13-9)10(16)14-6-11(7-15)1-2-11/h3,5,13,15H,1-2,6-7H2,(H,14,16). The Morgan fingerprint density at radius 3 is 2.94 bits per heavy atom. The number of aliphatic hydroxyl groups is 1. The molecule has 1 aliphatic rings. The minimum absolute atomic E-state index is 0.0932. The number of rotatable bonds is 4. The van der Waals surface area contributed by atoms with E-state index < -0.39 is 0 Å². The lowest BCUT2D eigenvalue weighted by atomic mass is 10.1. The number of aromatic amines is 1. The fourth-order valence-corrected chi connectivity index (χ4v) is 1.53. The number of carbonyl (C=O) groups excluding carboxylic acids is 1. The molecule has 0 unspecified atom stereocenters. The molecule has 16 heavy (non-hydrogen) atoms. The number of carbonyl (C=O) groups is 1. The fraction of sp³-hybridized carbons (Fsp3) is 0.455. The number of hydrogen-bond acceptors (Lipinski definition) is 3. The van der Waals surface area contributed by atoms with Crippen molar-refractivity contribution < 1.29 is 9.90 Å². The van der Waals surface area contributed by atoms with E-state index in [-0.39, 0.29) is 17.9 Å². The molecule has 1 aliphatic carbocycles. The summed E-state index contributed by atoms with van der Waals surface area (Å²) in [4.78, 5) is 14.3. The maximum atomic E-state index is 11.6. The molecule has 5 heteroatoms. The first-order chi connectivity index (χ1) is 7.69. The van der Waals surface area contributed by atoms with Crippen LogP contribution in [-0.2, 0) is 0 Å². The van der Waals surface area contributed by atoms with Crippen LogP contribution in [0.5, 0.6) is 0 Å².